The van der Waals surface area contributed by atoms with Crippen LogP contribution in [0.15, 0.2) is 40.8 Å². The predicted octanol–water partition coefficient (Wildman–Crippen LogP) is 4.77. The quantitative estimate of drug-likeness (QED) is 0.628. The fourth-order valence-corrected chi connectivity index (χ4v) is 2.21. The topological polar surface area (TPSA) is 26.0 Å². The third-order valence-electron chi connectivity index (χ3n) is 3.05. The molecule has 0 saturated heterocycles. The lowest BCUT2D eigenvalue weighted by Gasteiger charge is -2.00. The van der Waals surface area contributed by atoms with Crippen LogP contribution in [0.1, 0.15) is 11.1 Å². The molecular weight excluding hydrogens is 246 g/mol. The monoisotopic (exact) mass is 257 g/mol. The zero-order valence-electron chi connectivity index (χ0n) is 10.2. The van der Waals surface area contributed by atoms with Gasteiger partial charge in [0.15, 0.2) is 5.58 Å². The molecule has 0 bridgehead atoms. The summed E-state index contributed by atoms with van der Waals surface area (Å²) >= 11 is 6.23. The minimum absolute atomic E-state index is 0.635. The van der Waals surface area contributed by atoms with E-state index >= 15 is 0 Å². The van der Waals surface area contributed by atoms with Gasteiger partial charge in [-0.2, -0.15) is 0 Å². The Morgan fingerprint density at radius 1 is 1.11 bits per heavy atom. The number of aromatic nitrogens is 1. The molecule has 3 heteroatoms. The minimum atomic E-state index is 0.635. The number of rotatable bonds is 1. The van der Waals surface area contributed by atoms with Crippen LogP contribution in [-0.4, -0.2) is 4.98 Å². The molecule has 3 rings (SSSR count). The third kappa shape index (κ3) is 1.70. The van der Waals surface area contributed by atoms with Gasteiger partial charge in [0.25, 0.3) is 0 Å². The summed E-state index contributed by atoms with van der Waals surface area (Å²) in [6.45, 7) is 3.94. The number of hydrogen-bond donors (Lipinski definition) is 0. The van der Waals surface area contributed by atoms with Gasteiger partial charge in [-0.05, 0) is 43.2 Å². The Kier molecular flexibility index (Phi) is 2.60. The Balaban J connectivity index is 2.27. The SMILES string of the molecule is Cc1cc2oc(-c3ccccc3)nc2c(C)c1Cl. The van der Waals surface area contributed by atoms with E-state index < -0.39 is 0 Å². The van der Waals surface area contributed by atoms with Crippen LogP contribution in [0.2, 0.25) is 5.02 Å². The van der Waals surface area contributed by atoms with Crippen LogP contribution < -0.4 is 0 Å². The fourth-order valence-electron chi connectivity index (χ4n) is 2.06. The van der Waals surface area contributed by atoms with Crippen LogP contribution >= 0.6 is 11.6 Å². The summed E-state index contributed by atoms with van der Waals surface area (Å²) < 4.78 is 5.80. The van der Waals surface area contributed by atoms with Gasteiger partial charge in [0.1, 0.15) is 5.52 Å². The zero-order valence-corrected chi connectivity index (χ0v) is 11.0. The van der Waals surface area contributed by atoms with Gasteiger partial charge in [-0.3, -0.25) is 0 Å². The first-order chi connectivity index (χ1) is 8.66. The maximum Gasteiger partial charge on any atom is 0.227 e. The standard InChI is InChI=1S/C15H12ClNO/c1-9-8-12-14(10(2)13(9)16)17-15(18-12)11-6-4-3-5-7-11/h3-8H,1-2H3. The first kappa shape index (κ1) is 11.3. The highest BCUT2D eigenvalue weighted by molar-refractivity contribution is 6.33. The van der Waals surface area contributed by atoms with Crippen molar-refractivity contribution in [3.8, 4) is 11.5 Å². The van der Waals surface area contributed by atoms with E-state index in [4.69, 9.17) is 16.0 Å². The molecule has 0 aliphatic heterocycles. The third-order valence-corrected chi connectivity index (χ3v) is 3.63. The number of oxazole rings is 1. The molecule has 0 fully saturated rings. The lowest BCUT2D eigenvalue weighted by Crippen LogP contribution is -1.83. The minimum Gasteiger partial charge on any atom is -0.436 e. The van der Waals surface area contributed by atoms with Crippen molar-refractivity contribution >= 4 is 22.7 Å². The number of halogens is 1. The summed E-state index contributed by atoms with van der Waals surface area (Å²) in [6.07, 6.45) is 0. The molecule has 0 radical (unpaired) electrons. The molecule has 0 aliphatic rings. The average molecular weight is 258 g/mol. The van der Waals surface area contributed by atoms with Crippen LogP contribution in [-0.2, 0) is 0 Å². The van der Waals surface area contributed by atoms with E-state index in [2.05, 4.69) is 4.98 Å². The summed E-state index contributed by atoms with van der Waals surface area (Å²) in [5.41, 5.74) is 4.58. The van der Waals surface area contributed by atoms with Crippen molar-refractivity contribution in [2.24, 2.45) is 0 Å². The Morgan fingerprint density at radius 3 is 2.56 bits per heavy atom. The van der Waals surface area contributed by atoms with E-state index in [9.17, 15) is 0 Å². The number of fused-ring (bicyclic) bond motifs is 1. The zero-order chi connectivity index (χ0) is 12.7. The number of hydrogen-bond acceptors (Lipinski definition) is 2. The lowest BCUT2D eigenvalue weighted by molar-refractivity contribution is 0.619. The van der Waals surface area contributed by atoms with Crippen molar-refractivity contribution in [3.63, 3.8) is 0 Å². The van der Waals surface area contributed by atoms with Crippen LogP contribution in [0.25, 0.3) is 22.6 Å². The molecule has 1 heterocycles. The molecule has 2 aromatic carbocycles. The molecule has 0 unspecified atom stereocenters. The van der Waals surface area contributed by atoms with E-state index in [1.807, 2.05) is 50.2 Å². The van der Waals surface area contributed by atoms with Gasteiger partial charge < -0.3 is 4.42 Å². The molecular formula is C15H12ClNO. The van der Waals surface area contributed by atoms with Crippen LogP contribution in [0.4, 0.5) is 0 Å². The Bertz CT molecular complexity index is 716. The smallest absolute Gasteiger partial charge is 0.227 e. The normalized spacial score (nSPS) is 11.1. The average Bonchev–Trinajstić information content (AvgIpc) is 2.81. The van der Waals surface area contributed by atoms with Gasteiger partial charge in [-0.15, -0.1) is 0 Å². The highest BCUT2D eigenvalue weighted by Gasteiger charge is 2.13. The summed E-state index contributed by atoms with van der Waals surface area (Å²) in [7, 11) is 0. The molecule has 0 spiro atoms. The Hall–Kier alpha value is -1.80. The second-order valence-electron chi connectivity index (χ2n) is 4.36. The molecule has 0 amide bonds. The second-order valence-corrected chi connectivity index (χ2v) is 4.74. The Morgan fingerprint density at radius 2 is 1.83 bits per heavy atom. The van der Waals surface area contributed by atoms with Gasteiger partial charge in [0, 0.05) is 10.6 Å². The maximum atomic E-state index is 6.23. The predicted molar refractivity (Wildman–Crippen MR) is 73.9 cm³/mol. The van der Waals surface area contributed by atoms with Crippen molar-refractivity contribution in [2.45, 2.75) is 13.8 Å². The van der Waals surface area contributed by atoms with Gasteiger partial charge >= 0.3 is 0 Å². The number of nitrogens with zero attached hydrogens (tertiary/aromatic N) is 1. The Labute approximate surface area is 110 Å². The van der Waals surface area contributed by atoms with E-state index in [-0.39, 0.29) is 0 Å². The van der Waals surface area contributed by atoms with E-state index in [0.717, 1.165) is 32.8 Å². The first-order valence-corrected chi connectivity index (χ1v) is 6.16. The molecule has 0 aliphatic carbocycles. The number of benzene rings is 2. The van der Waals surface area contributed by atoms with E-state index in [1.54, 1.807) is 0 Å². The fraction of sp³-hybridized carbons (Fsp3) is 0.133. The first-order valence-electron chi connectivity index (χ1n) is 5.78. The molecule has 0 N–H and O–H groups in total. The molecule has 0 saturated carbocycles. The highest BCUT2D eigenvalue weighted by Crippen LogP contribution is 2.31. The second kappa shape index (κ2) is 4.14. The highest BCUT2D eigenvalue weighted by atomic mass is 35.5. The molecule has 3 aromatic rings. The van der Waals surface area contributed by atoms with Crippen molar-refractivity contribution in [3.05, 3.63) is 52.5 Å². The van der Waals surface area contributed by atoms with Gasteiger partial charge in [0.2, 0.25) is 5.89 Å². The number of aryl methyl sites for hydroxylation is 2. The van der Waals surface area contributed by atoms with Crippen LogP contribution in [0.5, 0.6) is 0 Å². The molecule has 90 valence electrons. The van der Waals surface area contributed by atoms with Crippen LogP contribution in [0.3, 0.4) is 0 Å². The van der Waals surface area contributed by atoms with Crippen molar-refractivity contribution in [2.75, 3.05) is 0 Å². The molecule has 1 aromatic heterocycles. The van der Waals surface area contributed by atoms with Gasteiger partial charge in [0.05, 0.1) is 0 Å². The largest absolute Gasteiger partial charge is 0.436 e. The molecule has 18 heavy (non-hydrogen) atoms. The van der Waals surface area contributed by atoms with Crippen LogP contribution in [0, 0.1) is 13.8 Å². The lowest BCUT2D eigenvalue weighted by atomic mass is 10.1. The summed E-state index contributed by atoms with van der Waals surface area (Å²) in [5, 5.41) is 0.760. The summed E-state index contributed by atoms with van der Waals surface area (Å²) in [5.74, 6) is 0.635. The molecule has 0 atom stereocenters. The van der Waals surface area contributed by atoms with Crippen molar-refractivity contribution in [1.29, 1.82) is 0 Å². The van der Waals surface area contributed by atoms with Gasteiger partial charge in [-0.1, -0.05) is 29.8 Å². The van der Waals surface area contributed by atoms with E-state index in [0.29, 0.717) is 5.89 Å². The van der Waals surface area contributed by atoms with Gasteiger partial charge in [-0.25, -0.2) is 4.98 Å². The maximum absolute atomic E-state index is 6.23. The van der Waals surface area contributed by atoms with Crippen molar-refractivity contribution in [1.82, 2.24) is 4.98 Å². The molecule has 2 nitrogen and oxygen atoms in total. The summed E-state index contributed by atoms with van der Waals surface area (Å²) in [6, 6.07) is 11.8. The van der Waals surface area contributed by atoms with Crippen molar-refractivity contribution < 1.29 is 4.42 Å². The van der Waals surface area contributed by atoms with E-state index in [1.165, 1.54) is 0 Å². The summed E-state index contributed by atoms with van der Waals surface area (Å²) in [4.78, 5) is 4.53.